The van der Waals surface area contributed by atoms with Crippen molar-refractivity contribution in [1.29, 1.82) is 0 Å². The van der Waals surface area contributed by atoms with Crippen LogP contribution < -0.4 is 14.2 Å². The van der Waals surface area contributed by atoms with Crippen molar-refractivity contribution in [1.82, 2.24) is 4.90 Å². The van der Waals surface area contributed by atoms with Gasteiger partial charge in [-0.3, -0.25) is 4.79 Å². The summed E-state index contributed by atoms with van der Waals surface area (Å²) in [5, 5.41) is 12.1. The highest BCUT2D eigenvalue weighted by atomic mass is 32.2. The minimum atomic E-state index is -0.0753. The molecule has 2 rings (SSSR count). The first-order chi connectivity index (χ1) is 11.6. The molecule has 0 aliphatic heterocycles. The van der Waals surface area contributed by atoms with Gasteiger partial charge in [0.25, 0.3) is 5.03 Å². The predicted octanol–water partition coefficient (Wildman–Crippen LogP) is 2.09. The molecular weight excluding hydrogens is 328 g/mol. The number of pyridine rings is 1. The van der Waals surface area contributed by atoms with Crippen molar-refractivity contribution >= 4 is 17.7 Å². The van der Waals surface area contributed by atoms with Crippen molar-refractivity contribution in [2.75, 3.05) is 27.0 Å². The number of methoxy groups -OCH3 is 2. The fourth-order valence-electron chi connectivity index (χ4n) is 2.19. The minimum Gasteiger partial charge on any atom is -0.618 e. The van der Waals surface area contributed by atoms with E-state index in [2.05, 4.69) is 0 Å². The first-order valence-corrected chi connectivity index (χ1v) is 8.30. The second kappa shape index (κ2) is 8.44. The number of rotatable bonds is 7. The van der Waals surface area contributed by atoms with Gasteiger partial charge in [-0.15, -0.1) is 0 Å². The lowest BCUT2D eigenvalue weighted by Gasteiger charge is -2.19. The molecule has 0 atom stereocenters. The van der Waals surface area contributed by atoms with E-state index in [1.807, 2.05) is 18.2 Å². The van der Waals surface area contributed by atoms with Crippen LogP contribution in [0.4, 0.5) is 0 Å². The van der Waals surface area contributed by atoms with Crippen LogP contribution >= 0.6 is 11.8 Å². The number of thioether (sulfide) groups is 1. The zero-order chi connectivity index (χ0) is 17.5. The third-order valence-corrected chi connectivity index (χ3v) is 4.45. The van der Waals surface area contributed by atoms with E-state index in [1.54, 1.807) is 44.4 Å². The zero-order valence-electron chi connectivity index (χ0n) is 13.9. The van der Waals surface area contributed by atoms with Crippen LogP contribution in [0.2, 0.25) is 0 Å². The maximum Gasteiger partial charge on any atom is 0.251 e. The Balaban J connectivity index is 2.00. The van der Waals surface area contributed by atoms with E-state index in [-0.39, 0.29) is 11.7 Å². The number of hydrogen-bond acceptors (Lipinski definition) is 5. The molecule has 0 saturated carbocycles. The quantitative estimate of drug-likeness (QED) is 0.435. The van der Waals surface area contributed by atoms with Gasteiger partial charge in [0.05, 0.1) is 20.0 Å². The molecule has 7 heteroatoms. The third kappa shape index (κ3) is 4.32. The fraction of sp³-hybridized carbons (Fsp3) is 0.294. The Hall–Kier alpha value is -2.41. The zero-order valence-corrected chi connectivity index (χ0v) is 14.7. The highest BCUT2D eigenvalue weighted by Gasteiger charge is 2.16. The van der Waals surface area contributed by atoms with Crippen LogP contribution in [0.25, 0.3) is 0 Å². The average Bonchev–Trinajstić information content (AvgIpc) is 2.60. The summed E-state index contributed by atoms with van der Waals surface area (Å²) in [6, 6.07) is 10.7. The van der Waals surface area contributed by atoms with Crippen molar-refractivity contribution in [2.45, 2.75) is 11.6 Å². The predicted molar refractivity (Wildman–Crippen MR) is 92.1 cm³/mol. The number of amides is 1. The monoisotopic (exact) mass is 348 g/mol. The van der Waals surface area contributed by atoms with Crippen molar-refractivity contribution in [3.8, 4) is 11.5 Å². The van der Waals surface area contributed by atoms with E-state index in [0.717, 1.165) is 10.3 Å². The Labute approximate surface area is 145 Å². The van der Waals surface area contributed by atoms with Gasteiger partial charge in [0.15, 0.2) is 17.7 Å². The Bertz CT molecular complexity index is 709. The van der Waals surface area contributed by atoms with Crippen molar-refractivity contribution in [3.05, 3.63) is 53.4 Å². The number of carbonyl (C=O) groups is 1. The molecule has 0 saturated heterocycles. The minimum absolute atomic E-state index is 0.0753. The summed E-state index contributed by atoms with van der Waals surface area (Å²) in [5.74, 6) is 1.36. The van der Waals surface area contributed by atoms with E-state index in [1.165, 1.54) is 18.0 Å². The van der Waals surface area contributed by atoms with Gasteiger partial charge < -0.3 is 19.6 Å². The maximum absolute atomic E-state index is 12.3. The van der Waals surface area contributed by atoms with Gasteiger partial charge in [0.2, 0.25) is 5.91 Å². The van der Waals surface area contributed by atoms with Crippen LogP contribution in [0.3, 0.4) is 0 Å². The van der Waals surface area contributed by atoms with Gasteiger partial charge in [-0.2, -0.15) is 4.73 Å². The number of ether oxygens (including phenoxy) is 2. The molecule has 0 unspecified atom stereocenters. The molecule has 0 aliphatic carbocycles. The molecular formula is C17H20N2O4S. The Morgan fingerprint density at radius 2 is 2.00 bits per heavy atom. The first-order valence-electron chi connectivity index (χ1n) is 7.31. The number of hydrogen-bond donors (Lipinski definition) is 0. The first kappa shape index (κ1) is 17.9. The molecule has 0 aliphatic rings. The Morgan fingerprint density at radius 3 is 2.67 bits per heavy atom. The lowest BCUT2D eigenvalue weighted by Crippen LogP contribution is -2.31. The number of para-hydroxylation sites is 1. The smallest absolute Gasteiger partial charge is 0.251 e. The van der Waals surface area contributed by atoms with Gasteiger partial charge in [-0.25, -0.2) is 0 Å². The van der Waals surface area contributed by atoms with E-state index in [9.17, 15) is 10.0 Å². The Kier molecular flexibility index (Phi) is 6.31. The van der Waals surface area contributed by atoms with Crippen molar-refractivity contribution in [3.63, 3.8) is 0 Å². The van der Waals surface area contributed by atoms with Crippen LogP contribution in [0.15, 0.2) is 47.6 Å². The molecule has 24 heavy (non-hydrogen) atoms. The molecule has 1 heterocycles. The van der Waals surface area contributed by atoms with Gasteiger partial charge in [0.1, 0.15) is 0 Å². The molecule has 1 amide bonds. The highest BCUT2D eigenvalue weighted by Crippen LogP contribution is 2.31. The van der Waals surface area contributed by atoms with Crippen molar-refractivity contribution < 1.29 is 19.0 Å². The van der Waals surface area contributed by atoms with E-state index < -0.39 is 0 Å². The summed E-state index contributed by atoms with van der Waals surface area (Å²) in [6.07, 6.45) is 1.41. The largest absolute Gasteiger partial charge is 0.618 e. The molecule has 0 fully saturated rings. The highest BCUT2D eigenvalue weighted by molar-refractivity contribution is 7.99. The normalized spacial score (nSPS) is 10.3. The topological polar surface area (TPSA) is 65.7 Å². The second-order valence-corrected chi connectivity index (χ2v) is 6.05. The van der Waals surface area contributed by atoms with Crippen LogP contribution in [-0.4, -0.2) is 37.8 Å². The molecule has 1 aromatic heterocycles. The summed E-state index contributed by atoms with van der Waals surface area (Å²) < 4.78 is 11.4. The summed E-state index contributed by atoms with van der Waals surface area (Å²) in [4.78, 5) is 13.9. The fourth-order valence-corrected chi connectivity index (χ4v) is 3.05. The molecule has 2 aromatic rings. The third-order valence-electron chi connectivity index (χ3n) is 3.45. The average molecular weight is 348 g/mol. The number of nitrogens with zero attached hydrogens (tertiary/aromatic N) is 2. The Morgan fingerprint density at radius 1 is 1.21 bits per heavy atom. The molecule has 1 aromatic carbocycles. The summed E-state index contributed by atoms with van der Waals surface area (Å²) in [6.45, 7) is 0.395. The molecule has 0 spiro atoms. The number of benzene rings is 1. The molecule has 128 valence electrons. The lowest BCUT2D eigenvalue weighted by molar-refractivity contribution is -0.645. The SMILES string of the molecule is COc1cccc(CN(C)C(=O)CSc2cccc[n+]2[O-])c1OC. The molecule has 0 radical (unpaired) electrons. The number of carbonyl (C=O) groups excluding carboxylic acids is 1. The van der Waals surface area contributed by atoms with Gasteiger partial charge in [-0.05, 0) is 23.9 Å². The van der Waals surface area contributed by atoms with E-state index >= 15 is 0 Å². The van der Waals surface area contributed by atoms with E-state index in [4.69, 9.17) is 9.47 Å². The molecule has 0 bridgehead atoms. The van der Waals surface area contributed by atoms with Gasteiger partial charge in [-0.1, -0.05) is 12.1 Å². The van der Waals surface area contributed by atoms with Crippen LogP contribution in [0.1, 0.15) is 5.56 Å². The summed E-state index contributed by atoms with van der Waals surface area (Å²) in [7, 11) is 4.87. The second-order valence-electron chi connectivity index (χ2n) is 5.06. The van der Waals surface area contributed by atoms with Crippen LogP contribution in [-0.2, 0) is 11.3 Å². The number of aromatic nitrogens is 1. The summed E-state index contributed by atoms with van der Waals surface area (Å²) >= 11 is 1.21. The molecule has 6 nitrogen and oxygen atoms in total. The molecule has 0 N–H and O–H groups in total. The maximum atomic E-state index is 12.3. The van der Waals surface area contributed by atoms with Crippen LogP contribution in [0, 0.1) is 5.21 Å². The van der Waals surface area contributed by atoms with Gasteiger partial charge >= 0.3 is 0 Å². The standard InChI is InChI=1S/C17H20N2O4S/c1-18(11-13-7-6-8-14(22-2)17(13)23-3)15(20)12-24-16-9-4-5-10-19(16)21/h4-10H,11-12H2,1-3H3. The van der Waals surface area contributed by atoms with Gasteiger partial charge in [0, 0.05) is 31.3 Å². The van der Waals surface area contributed by atoms with E-state index in [0.29, 0.717) is 23.1 Å². The van der Waals surface area contributed by atoms with Crippen LogP contribution in [0.5, 0.6) is 11.5 Å². The lowest BCUT2D eigenvalue weighted by atomic mass is 10.1. The van der Waals surface area contributed by atoms with Crippen molar-refractivity contribution in [2.24, 2.45) is 0 Å². The summed E-state index contributed by atoms with van der Waals surface area (Å²) in [5.41, 5.74) is 0.858.